The normalized spacial score (nSPS) is 12.3. The van der Waals surface area contributed by atoms with Crippen LogP contribution in [0.2, 0.25) is 0 Å². The maximum absolute atomic E-state index is 11.8. The first-order valence-electron chi connectivity index (χ1n) is 6.75. The zero-order chi connectivity index (χ0) is 16.2. The van der Waals surface area contributed by atoms with Crippen molar-refractivity contribution in [1.29, 1.82) is 0 Å². The number of hydrogen-bond donors (Lipinski definition) is 1. The van der Waals surface area contributed by atoms with Crippen LogP contribution in [-0.2, 0) is 0 Å². The molecule has 0 unspecified atom stereocenters. The molecule has 1 N–H and O–H groups in total. The van der Waals surface area contributed by atoms with Crippen LogP contribution in [0, 0.1) is 10.1 Å². The van der Waals surface area contributed by atoms with Gasteiger partial charge in [0.2, 0.25) is 0 Å². The van der Waals surface area contributed by atoms with Gasteiger partial charge in [0, 0.05) is 23.9 Å². The Labute approximate surface area is 130 Å². The Hall–Kier alpha value is -3.29. The lowest BCUT2D eigenvalue weighted by molar-refractivity contribution is -0.384. The smallest absolute Gasteiger partial charge is 0.417 e. The van der Waals surface area contributed by atoms with E-state index in [1.807, 2.05) is 0 Å². The van der Waals surface area contributed by atoms with Crippen molar-refractivity contribution in [3.63, 3.8) is 0 Å². The fourth-order valence-electron chi connectivity index (χ4n) is 2.01. The van der Waals surface area contributed by atoms with Crippen LogP contribution in [0.5, 0.6) is 17.2 Å². The Morgan fingerprint density at radius 1 is 1.09 bits per heavy atom. The molecule has 0 atom stereocenters. The average Bonchev–Trinajstić information content (AvgIpc) is 2.55. The van der Waals surface area contributed by atoms with Gasteiger partial charge in [-0.3, -0.25) is 15.4 Å². The van der Waals surface area contributed by atoms with Crippen LogP contribution in [0.15, 0.2) is 42.5 Å². The summed E-state index contributed by atoms with van der Waals surface area (Å²) >= 11 is 0. The standard InChI is InChI=1S/C15H12N2O6/c18-15(23-12-4-2-11(3-5-12)17(19)20)16-10-1-6-13-14(9-10)22-8-7-21-13/h1-6,9H,7-8H2,(H,16,18). The first kappa shape index (κ1) is 14.6. The lowest BCUT2D eigenvalue weighted by Gasteiger charge is -2.18. The first-order chi connectivity index (χ1) is 11.1. The summed E-state index contributed by atoms with van der Waals surface area (Å²) in [6.45, 7) is 0.936. The van der Waals surface area contributed by atoms with Crippen molar-refractivity contribution in [1.82, 2.24) is 0 Å². The molecule has 8 heteroatoms. The third-order valence-electron chi connectivity index (χ3n) is 3.05. The number of non-ortho nitro benzene ring substituents is 1. The molecule has 8 nitrogen and oxygen atoms in total. The van der Waals surface area contributed by atoms with Crippen molar-refractivity contribution in [3.05, 3.63) is 52.6 Å². The monoisotopic (exact) mass is 316 g/mol. The fourth-order valence-corrected chi connectivity index (χ4v) is 2.01. The highest BCUT2D eigenvalue weighted by Gasteiger charge is 2.13. The average molecular weight is 316 g/mol. The summed E-state index contributed by atoms with van der Waals surface area (Å²) in [6, 6.07) is 10.2. The summed E-state index contributed by atoms with van der Waals surface area (Å²) in [4.78, 5) is 21.9. The van der Waals surface area contributed by atoms with Crippen molar-refractivity contribution in [3.8, 4) is 17.2 Å². The molecule has 0 spiro atoms. The molecule has 23 heavy (non-hydrogen) atoms. The lowest BCUT2D eigenvalue weighted by atomic mass is 10.2. The maximum Gasteiger partial charge on any atom is 0.417 e. The number of nitrogens with one attached hydrogen (secondary N) is 1. The summed E-state index contributed by atoms with van der Waals surface area (Å²) in [5.41, 5.74) is 0.408. The number of fused-ring (bicyclic) bond motifs is 1. The topological polar surface area (TPSA) is 99.9 Å². The van der Waals surface area contributed by atoms with E-state index in [0.717, 1.165) is 0 Å². The highest BCUT2D eigenvalue weighted by atomic mass is 16.6. The number of carbonyl (C=O) groups excluding carboxylic acids is 1. The molecule has 0 radical (unpaired) electrons. The van der Waals surface area contributed by atoms with Gasteiger partial charge in [0.1, 0.15) is 19.0 Å². The summed E-state index contributed by atoms with van der Waals surface area (Å²) in [5, 5.41) is 13.1. The van der Waals surface area contributed by atoms with Crippen LogP contribution < -0.4 is 19.5 Å². The van der Waals surface area contributed by atoms with Crippen LogP contribution in [-0.4, -0.2) is 24.2 Å². The van der Waals surface area contributed by atoms with Gasteiger partial charge in [0.15, 0.2) is 11.5 Å². The first-order valence-corrected chi connectivity index (χ1v) is 6.75. The van der Waals surface area contributed by atoms with Crippen LogP contribution in [0.1, 0.15) is 0 Å². The second-order valence-electron chi connectivity index (χ2n) is 4.62. The van der Waals surface area contributed by atoms with Gasteiger partial charge in [-0.05, 0) is 24.3 Å². The van der Waals surface area contributed by atoms with E-state index in [2.05, 4.69) is 5.32 Å². The number of amides is 1. The Kier molecular flexibility index (Phi) is 3.96. The zero-order valence-corrected chi connectivity index (χ0v) is 11.9. The van der Waals surface area contributed by atoms with Crippen LogP contribution in [0.3, 0.4) is 0 Å². The van der Waals surface area contributed by atoms with Gasteiger partial charge < -0.3 is 14.2 Å². The summed E-state index contributed by atoms with van der Waals surface area (Å²) in [6.07, 6.45) is -0.712. The molecular formula is C15H12N2O6. The Morgan fingerprint density at radius 3 is 2.48 bits per heavy atom. The molecule has 0 aromatic heterocycles. The number of carbonyl (C=O) groups is 1. The second kappa shape index (κ2) is 6.22. The second-order valence-corrected chi connectivity index (χ2v) is 4.62. The molecule has 1 aliphatic heterocycles. The van der Waals surface area contributed by atoms with Gasteiger partial charge in [-0.1, -0.05) is 0 Å². The quantitative estimate of drug-likeness (QED) is 0.690. The van der Waals surface area contributed by atoms with Gasteiger partial charge in [-0.2, -0.15) is 0 Å². The van der Waals surface area contributed by atoms with E-state index in [0.29, 0.717) is 30.4 Å². The molecule has 0 saturated heterocycles. The molecule has 0 bridgehead atoms. The van der Waals surface area contributed by atoms with E-state index in [1.54, 1.807) is 18.2 Å². The number of nitro benzene ring substituents is 1. The van der Waals surface area contributed by atoms with E-state index < -0.39 is 11.0 Å². The number of anilines is 1. The maximum atomic E-state index is 11.8. The molecule has 118 valence electrons. The Balaban J connectivity index is 1.64. The lowest BCUT2D eigenvalue weighted by Crippen LogP contribution is -2.18. The van der Waals surface area contributed by atoms with Gasteiger partial charge in [0.05, 0.1) is 4.92 Å². The minimum Gasteiger partial charge on any atom is -0.486 e. The van der Waals surface area contributed by atoms with Crippen molar-refractivity contribution >= 4 is 17.5 Å². The third kappa shape index (κ3) is 3.49. The summed E-state index contributed by atoms with van der Waals surface area (Å²) in [5.74, 6) is 1.36. The van der Waals surface area contributed by atoms with Crippen LogP contribution in [0.4, 0.5) is 16.2 Å². The number of ether oxygens (including phenoxy) is 3. The van der Waals surface area contributed by atoms with Crippen molar-refractivity contribution in [2.75, 3.05) is 18.5 Å². The van der Waals surface area contributed by atoms with E-state index in [9.17, 15) is 14.9 Å². The number of nitrogens with zero attached hydrogens (tertiary/aromatic N) is 1. The molecular weight excluding hydrogens is 304 g/mol. The molecule has 2 aromatic rings. The number of rotatable bonds is 3. The summed E-state index contributed by atoms with van der Waals surface area (Å²) in [7, 11) is 0. The molecule has 1 heterocycles. The molecule has 0 fully saturated rings. The van der Waals surface area contributed by atoms with E-state index in [-0.39, 0.29) is 11.4 Å². The Morgan fingerprint density at radius 2 is 1.78 bits per heavy atom. The molecule has 1 aliphatic rings. The molecule has 3 rings (SSSR count). The largest absolute Gasteiger partial charge is 0.486 e. The third-order valence-corrected chi connectivity index (χ3v) is 3.05. The van der Waals surface area contributed by atoms with Crippen molar-refractivity contribution in [2.24, 2.45) is 0 Å². The summed E-state index contributed by atoms with van der Waals surface area (Å²) < 4.78 is 15.9. The van der Waals surface area contributed by atoms with Gasteiger partial charge >= 0.3 is 6.09 Å². The van der Waals surface area contributed by atoms with Crippen LogP contribution in [0.25, 0.3) is 0 Å². The predicted molar refractivity (Wildman–Crippen MR) is 80.2 cm³/mol. The van der Waals surface area contributed by atoms with E-state index >= 15 is 0 Å². The molecule has 0 saturated carbocycles. The predicted octanol–water partition coefficient (Wildman–Crippen LogP) is 2.98. The van der Waals surface area contributed by atoms with Crippen LogP contribution >= 0.6 is 0 Å². The van der Waals surface area contributed by atoms with Gasteiger partial charge in [-0.25, -0.2) is 4.79 Å². The number of benzene rings is 2. The van der Waals surface area contributed by atoms with Crippen molar-refractivity contribution < 1.29 is 23.9 Å². The number of nitro groups is 1. The Bertz CT molecular complexity index is 744. The number of hydrogen-bond acceptors (Lipinski definition) is 6. The van der Waals surface area contributed by atoms with Crippen molar-refractivity contribution in [2.45, 2.75) is 0 Å². The van der Waals surface area contributed by atoms with E-state index in [4.69, 9.17) is 14.2 Å². The molecule has 0 aliphatic carbocycles. The fraction of sp³-hybridized carbons (Fsp3) is 0.133. The zero-order valence-electron chi connectivity index (χ0n) is 11.9. The molecule has 1 amide bonds. The van der Waals surface area contributed by atoms with E-state index in [1.165, 1.54) is 24.3 Å². The minimum atomic E-state index is -0.712. The molecule has 2 aromatic carbocycles. The minimum absolute atomic E-state index is 0.0791. The SMILES string of the molecule is O=C(Nc1ccc2c(c1)OCCO2)Oc1ccc([N+](=O)[O-])cc1. The highest BCUT2D eigenvalue weighted by molar-refractivity contribution is 5.86. The highest BCUT2D eigenvalue weighted by Crippen LogP contribution is 2.32. The van der Waals surface area contributed by atoms with Gasteiger partial charge in [-0.15, -0.1) is 0 Å². The van der Waals surface area contributed by atoms with Gasteiger partial charge in [0.25, 0.3) is 5.69 Å².